The van der Waals surface area contributed by atoms with Gasteiger partial charge in [-0.3, -0.25) is 0 Å². The van der Waals surface area contributed by atoms with Gasteiger partial charge in [-0.05, 0) is 24.3 Å². The molecule has 2 aromatic rings. The highest BCUT2D eigenvalue weighted by molar-refractivity contribution is 5.76. The summed E-state index contributed by atoms with van der Waals surface area (Å²) < 4.78 is 0. The van der Waals surface area contributed by atoms with Gasteiger partial charge in [0.25, 0.3) is 0 Å². The van der Waals surface area contributed by atoms with E-state index in [1.807, 2.05) is 43.3 Å². The quantitative estimate of drug-likeness (QED) is 0.625. The highest BCUT2D eigenvalue weighted by Crippen LogP contribution is 2.13. The molecule has 0 bridgehead atoms. The van der Waals surface area contributed by atoms with Gasteiger partial charge in [0.1, 0.15) is 5.82 Å². The molecular formula is C10H11BN3. The van der Waals surface area contributed by atoms with Crippen molar-refractivity contribution in [2.24, 2.45) is 0 Å². The van der Waals surface area contributed by atoms with E-state index in [4.69, 9.17) is 0 Å². The van der Waals surface area contributed by atoms with E-state index in [0.717, 1.165) is 16.9 Å². The van der Waals surface area contributed by atoms with Crippen molar-refractivity contribution in [2.45, 2.75) is 0 Å². The van der Waals surface area contributed by atoms with Gasteiger partial charge in [-0.25, -0.2) is 9.97 Å². The fourth-order valence-corrected chi connectivity index (χ4v) is 1.19. The molecule has 3 radical (unpaired) electrons. The van der Waals surface area contributed by atoms with Crippen LogP contribution >= 0.6 is 0 Å². The highest BCUT2D eigenvalue weighted by atomic mass is 15.1. The van der Waals surface area contributed by atoms with Gasteiger partial charge in [0.2, 0.25) is 0 Å². The minimum absolute atomic E-state index is 0. The summed E-state index contributed by atoms with van der Waals surface area (Å²) in [6.45, 7) is 0. The number of pyridine rings is 2. The van der Waals surface area contributed by atoms with Crippen LogP contribution in [0.2, 0.25) is 0 Å². The second-order valence-corrected chi connectivity index (χ2v) is 3.11. The second kappa shape index (κ2) is 4.09. The fourth-order valence-electron chi connectivity index (χ4n) is 1.19. The van der Waals surface area contributed by atoms with E-state index in [-0.39, 0.29) is 8.41 Å². The molecule has 0 unspecified atom stereocenters. The average molecular weight is 184 g/mol. The van der Waals surface area contributed by atoms with E-state index >= 15 is 0 Å². The molecule has 69 valence electrons. The number of aromatic nitrogens is 2. The molecule has 0 aromatic carbocycles. The standard InChI is InChI=1S/C10H11N3.B/c1-13(2)9-6-5-8-4-3-7-11-10(8)12-9;/h3-7H,1-2H3;. The monoisotopic (exact) mass is 184 g/mol. The second-order valence-electron chi connectivity index (χ2n) is 3.11. The third-order valence-corrected chi connectivity index (χ3v) is 1.91. The van der Waals surface area contributed by atoms with Crippen molar-refractivity contribution in [2.75, 3.05) is 19.0 Å². The number of hydrogen-bond acceptors (Lipinski definition) is 3. The van der Waals surface area contributed by atoms with E-state index in [1.54, 1.807) is 6.20 Å². The van der Waals surface area contributed by atoms with Gasteiger partial charge in [-0.15, -0.1) is 0 Å². The first-order valence-electron chi connectivity index (χ1n) is 4.16. The third-order valence-electron chi connectivity index (χ3n) is 1.91. The van der Waals surface area contributed by atoms with Gasteiger partial charge in [-0.1, -0.05) is 0 Å². The number of nitrogens with zero attached hydrogens (tertiary/aromatic N) is 3. The summed E-state index contributed by atoms with van der Waals surface area (Å²) in [6, 6.07) is 7.95. The molecule has 0 atom stereocenters. The van der Waals surface area contributed by atoms with Gasteiger partial charge < -0.3 is 4.90 Å². The molecular weight excluding hydrogens is 173 g/mol. The summed E-state index contributed by atoms with van der Waals surface area (Å²) in [5.74, 6) is 0.936. The van der Waals surface area contributed by atoms with Crippen molar-refractivity contribution in [3.05, 3.63) is 30.5 Å². The van der Waals surface area contributed by atoms with Crippen LogP contribution in [-0.4, -0.2) is 32.5 Å². The van der Waals surface area contributed by atoms with Crippen molar-refractivity contribution in [3.8, 4) is 0 Å². The lowest BCUT2D eigenvalue weighted by molar-refractivity contribution is 1.07. The topological polar surface area (TPSA) is 29.0 Å². The molecule has 0 aliphatic carbocycles. The van der Waals surface area contributed by atoms with E-state index in [9.17, 15) is 0 Å². The van der Waals surface area contributed by atoms with Crippen LogP contribution in [0.15, 0.2) is 30.5 Å². The molecule has 0 amide bonds. The van der Waals surface area contributed by atoms with Crippen LogP contribution in [0.3, 0.4) is 0 Å². The Kier molecular flexibility index (Phi) is 3.07. The van der Waals surface area contributed by atoms with Gasteiger partial charge in [0.05, 0.1) is 0 Å². The van der Waals surface area contributed by atoms with Gasteiger partial charge in [-0.2, -0.15) is 0 Å². The maximum atomic E-state index is 4.39. The zero-order valence-corrected chi connectivity index (χ0v) is 8.31. The first-order chi connectivity index (χ1) is 6.27. The molecule has 0 saturated carbocycles. The Balaban J connectivity index is 0.000000980. The van der Waals surface area contributed by atoms with Crippen molar-refractivity contribution in [1.29, 1.82) is 0 Å². The molecule has 0 aliphatic rings. The van der Waals surface area contributed by atoms with Crippen LogP contribution in [0.5, 0.6) is 0 Å². The van der Waals surface area contributed by atoms with E-state index < -0.39 is 0 Å². The third kappa shape index (κ3) is 1.84. The largest absolute Gasteiger partial charge is 0.363 e. The minimum Gasteiger partial charge on any atom is -0.363 e. The Morgan fingerprint density at radius 2 is 1.93 bits per heavy atom. The predicted molar refractivity (Wildman–Crippen MR) is 59.6 cm³/mol. The molecule has 2 heterocycles. The van der Waals surface area contributed by atoms with Gasteiger partial charge in [0.15, 0.2) is 5.65 Å². The SMILES string of the molecule is CN(C)c1ccc2cccnc2n1.[B]. The average Bonchev–Trinajstić information content (AvgIpc) is 2.17. The van der Waals surface area contributed by atoms with Crippen LogP contribution in [0.1, 0.15) is 0 Å². The summed E-state index contributed by atoms with van der Waals surface area (Å²) in [5, 5.41) is 1.08. The summed E-state index contributed by atoms with van der Waals surface area (Å²) in [4.78, 5) is 10.5. The van der Waals surface area contributed by atoms with Crippen molar-refractivity contribution in [1.82, 2.24) is 9.97 Å². The Morgan fingerprint density at radius 3 is 2.64 bits per heavy atom. The zero-order chi connectivity index (χ0) is 9.26. The number of fused-ring (bicyclic) bond motifs is 1. The highest BCUT2D eigenvalue weighted by Gasteiger charge is 1.98. The Bertz CT molecular complexity index is 428. The van der Waals surface area contributed by atoms with E-state index in [2.05, 4.69) is 9.97 Å². The molecule has 14 heavy (non-hydrogen) atoms. The summed E-state index contributed by atoms with van der Waals surface area (Å²) in [6.07, 6.45) is 1.76. The zero-order valence-electron chi connectivity index (χ0n) is 8.31. The molecule has 3 nitrogen and oxygen atoms in total. The molecule has 0 spiro atoms. The lowest BCUT2D eigenvalue weighted by atomic mass is 10.3. The first-order valence-corrected chi connectivity index (χ1v) is 4.16. The maximum Gasteiger partial charge on any atom is 0.161 e. The minimum atomic E-state index is 0. The van der Waals surface area contributed by atoms with E-state index in [0.29, 0.717) is 0 Å². The van der Waals surface area contributed by atoms with Crippen LogP contribution in [-0.2, 0) is 0 Å². The molecule has 0 saturated heterocycles. The van der Waals surface area contributed by atoms with Crippen LogP contribution in [0.25, 0.3) is 11.0 Å². The predicted octanol–water partition coefficient (Wildman–Crippen LogP) is 1.31. The lowest BCUT2D eigenvalue weighted by Gasteiger charge is -2.10. The van der Waals surface area contributed by atoms with E-state index in [1.165, 1.54) is 0 Å². The van der Waals surface area contributed by atoms with Gasteiger partial charge >= 0.3 is 0 Å². The number of rotatable bonds is 1. The molecule has 0 aliphatic heterocycles. The molecule has 4 heteroatoms. The Morgan fingerprint density at radius 1 is 1.14 bits per heavy atom. The van der Waals surface area contributed by atoms with Crippen molar-refractivity contribution >= 4 is 25.3 Å². The first kappa shape index (κ1) is 10.5. The van der Waals surface area contributed by atoms with Crippen LogP contribution < -0.4 is 4.90 Å². The molecule has 0 N–H and O–H groups in total. The summed E-state index contributed by atoms with van der Waals surface area (Å²) >= 11 is 0. The maximum absolute atomic E-state index is 4.39. The Hall–Kier alpha value is -1.58. The molecule has 0 fully saturated rings. The normalized spacial score (nSPS) is 9.57. The van der Waals surface area contributed by atoms with Crippen molar-refractivity contribution in [3.63, 3.8) is 0 Å². The molecule has 2 aromatic heterocycles. The Labute approximate surface area is 85.4 Å². The molecule has 2 rings (SSSR count). The summed E-state index contributed by atoms with van der Waals surface area (Å²) in [5.41, 5.74) is 0.800. The summed E-state index contributed by atoms with van der Waals surface area (Å²) in [7, 11) is 3.94. The smallest absolute Gasteiger partial charge is 0.161 e. The number of hydrogen-bond donors (Lipinski definition) is 0. The lowest BCUT2D eigenvalue weighted by Crippen LogP contribution is -2.10. The van der Waals surface area contributed by atoms with Gasteiger partial charge in [0, 0.05) is 34.1 Å². The van der Waals surface area contributed by atoms with Crippen LogP contribution in [0, 0.1) is 0 Å². The fraction of sp³-hybridized carbons (Fsp3) is 0.200. The van der Waals surface area contributed by atoms with Crippen LogP contribution in [0.4, 0.5) is 5.82 Å². The number of anilines is 1. The van der Waals surface area contributed by atoms with Crippen molar-refractivity contribution < 1.29 is 0 Å².